The van der Waals surface area contributed by atoms with Gasteiger partial charge in [-0.2, -0.15) is 0 Å². The van der Waals surface area contributed by atoms with Crippen molar-refractivity contribution in [3.8, 4) is 0 Å². The van der Waals surface area contributed by atoms with E-state index in [1.54, 1.807) is 12.3 Å². The number of hydrogen-bond donors (Lipinski definition) is 2. The Morgan fingerprint density at radius 2 is 1.88 bits per heavy atom. The van der Waals surface area contributed by atoms with Crippen LogP contribution in [0, 0.1) is 12.7 Å². The van der Waals surface area contributed by atoms with Crippen molar-refractivity contribution in [2.45, 2.75) is 26.8 Å². The number of nitrogens with one attached hydrogen (secondary N) is 2. The number of nitrogens with zero attached hydrogens (tertiary/aromatic N) is 4. The largest absolute Gasteiger partial charge is 0.371 e. The molecule has 0 amide bonds. The normalized spacial score (nSPS) is 14.8. The van der Waals surface area contributed by atoms with Crippen LogP contribution in [0.2, 0.25) is 0 Å². The van der Waals surface area contributed by atoms with Crippen LogP contribution in [0.1, 0.15) is 23.7 Å². The highest BCUT2D eigenvalue weighted by Crippen LogP contribution is 2.28. The summed E-state index contributed by atoms with van der Waals surface area (Å²) in [5.74, 6) is 0.449. The fraction of sp³-hybridized carbons (Fsp3) is 0.346. The number of piperazine rings is 1. The van der Waals surface area contributed by atoms with E-state index >= 15 is 4.39 Å². The van der Waals surface area contributed by atoms with Gasteiger partial charge in [-0.15, -0.1) is 0 Å². The van der Waals surface area contributed by atoms with Gasteiger partial charge in [-0.25, -0.2) is 14.4 Å². The summed E-state index contributed by atoms with van der Waals surface area (Å²) in [6.45, 7) is 7.78. The van der Waals surface area contributed by atoms with Gasteiger partial charge in [0.25, 0.3) is 5.56 Å². The summed E-state index contributed by atoms with van der Waals surface area (Å²) in [7, 11) is 1.85. The Morgan fingerprint density at radius 1 is 1.09 bits per heavy atom. The molecule has 2 N–H and O–H groups in total. The SMILES string of the molecule is CCc1cc2ccc(CN3CCN(c4cc5ccnc(NC)c5nc4C)CC3)c(F)c2[nH]c1=O. The van der Waals surface area contributed by atoms with Gasteiger partial charge < -0.3 is 15.2 Å². The maximum Gasteiger partial charge on any atom is 0.251 e. The maximum absolute atomic E-state index is 15.2. The number of H-pyrrole nitrogens is 1. The molecule has 5 rings (SSSR count). The third-order valence-electron chi connectivity index (χ3n) is 6.74. The topological polar surface area (TPSA) is 77.2 Å². The Morgan fingerprint density at radius 3 is 2.62 bits per heavy atom. The average Bonchev–Trinajstić information content (AvgIpc) is 2.85. The number of aryl methyl sites for hydroxylation is 2. The van der Waals surface area contributed by atoms with Gasteiger partial charge in [-0.05, 0) is 31.5 Å². The van der Waals surface area contributed by atoms with Gasteiger partial charge >= 0.3 is 0 Å². The van der Waals surface area contributed by atoms with Crippen molar-refractivity contribution in [1.29, 1.82) is 0 Å². The van der Waals surface area contributed by atoms with E-state index in [2.05, 4.69) is 31.2 Å². The molecule has 8 heteroatoms. The van der Waals surface area contributed by atoms with Crippen LogP contribution in [0.4, 0.5) is 15.9 Å². The number of rotatable bonds is 5. The van der Waals surface area contributed by atoms with Crippen LogP contribution in [0.3, 0.4) is 0 Å². The second-order valence-electron chi connectivity index (χ2n) is 8.82. The molecule has 4 aromatic rings. The summed E-state index contributed by atoms with van der Waals surface area (Å²) in [6.07, 6.45) is 2.42. The lowest BCUT2D eigenvalue weighted by atomic mass is 10.1. The minimum absolute atomic E-state index is 0.211. The number of halogens is 1. The first kappa shape index (κ1) is 22.3. The predicted octanol–water partition coefficient (Wildman–Crippen LogP) is 3.85. The van der Waals surface area contributed by atoms with Crippen molar-refractivity contribution < 1.29 is 4.39 Å². The van der Waals surface area contributed by atoms with E-state index in [0.717, 1.165) is 59.7 Å². The van der Waals surface area contributed by atoms with Gasteiger partial charge in [-0.3, -0.25) is 9.69 Å². The fourth-order valence-corrected chi connectivity index (χ4v) is 4.78. The summed E-state index contributed by atoms with van der Waals surface area (Å²) >= 11 is 0. The smallest absolute Gasteiger partial charge is 0.251 e. The van der Waals surface area contributed by atoms with Crippen molar-refractivity contribution in [1.82, 2.24) is 19.9 Å². The van der Waals surface area contributed by atoms with Gasteiger partial charge in [0.1, 0.15) is 5.52 Å². The third kappa shape index (κ3) is 3.98. The zero-order valence-corrected chi connectivity index (χ0v) is 19.8. The number of aromatic amines is 1. The Balaban J connectivity index is 1.32. The first-order chi connectivity index (χ1) is 16.5. The van der Waals surface area contributed by atoms with Crippen LogP contribution in [0.25, 0.3) is 21.8 Å². The minimum Gasteiger partial charge on any atom is -0.371 e. The molecular formula is C26H29FN6O. The molecule has 176 valence electrons. The standard InChI is InChI=1S/C26H29FN6O/c1-4-17-13-18-5-6-20(22(27)23(18)31-26(17)34)15-32-9-11-33(12-10-32)21-14-19-7-8-29-25(28-3)24(19)30-16(21)2/h5-8,13-14H,4,9-12,15H2,1-3H3,(H,28,29)(H,31,34). The van der Waals surface area contributed by atoms with E-state index in [4.69, 9.17) is 4.98 Å². The molecule has 7 nitrogen and oxygen atoms in total. The van der Waals surface area contributed by atoms with Gasteiger partial charge in [0, 0.05) is 67.9 Å². The second kappa shape index (κ2) is 9.02. The predicted molar refractivity (Wildman–Crippen MR) is 135 cm³/mol. The highest BCUT2D eigenvalue weighted by Gasteiger charge is 2.21. The highest BCUT2D eigenvalue weighted by molar-refractivity contribution is 5.90. The van der Waals surface area contributed by atoms with Crippen molar-refractivity contribution in [3.63, 3.8) is 0 Å². The lowest BCUT2D eigenvalue weighted by Gasteiger charge is -2.36. The van der Waals surface area contributed by atoms with E-state index in [1.807, 2.05) is 39.1 Å². The van der Waals surface area contributed by atoms with Gasteiger partial charge in [0.15, 0.2) is 11.6 Å². The van der Waals surface area contributed by atoms with Crippen LogP contribution < -0.4 is 15.8 Å². The molecule has 0 spiro atoms. The number of aromatic nitrogens is 3. The first-order valence-electron chi connectivity index (χ1n) is 11.7. The van der Waals surface area contributed by atoms with Crippen LogP contribution in [0.15, 0.2) is 41.3 Å². The molecule has 1 fully saturated rings. The van der Waals surface area contributed by atoms with Crippen LogP contribution in [-0.2, 0) is 13.0 Å². The fourth-order valence-electron chi connectivity index (χ4n) is 4.78. The second-order valence-corrected chi connectivity index (χ2v) is 8.82. The number of pyridine rings is 3. The zero-order chi connectivity index (χ0) is 23.8. The summed E-state index contributed by atoms with van der Waals surface area (Å²) in [6, 6.07) is 9.69. The monoisotopic (exact) mass is 460 g/mol. The molecule has 1 aliphatic rings. The molecule has 1 aromatic carbocycles. The summed E-state index contributed by atoms with van der Waals surface area (Å²) in [5.41, 5.74) is 4.34. The Kier molecular flexibility index (Phi) is 5.91. The van der Waals surface area contributed by atoms with Crippen molar-refractivity contribution in [2.24, 2.45) is 0 Å². The Hall–Kier alpha value is -3.52. The molecule has 1 aliphatic heterocycles. The molecule has 0 atom stereocenters. The minimum atomic E-state index is -0.330. The van der Waals surface area contributed by atoms with E-state index in [0.29, 0.717) is 29.6 Å². The molecule has 1 saturated heterocycles. The molecule has 0 saturated carbocycles. The summed E-state index contributed by atoms with van der Waals surface area (Å²) in [5, 5.41) is 4.90. The lowest BCUT2D eigenvalue weighted by Crippen LogP contribution is -2.46. The molecule has 0 bridgehead atoms. The third-order valence-corrected chi connectivity index (χ3v) is 6.74. The van der Waals surface area contributed by atoms with Crippen LogP contribution >= 0.6 is 0 Å². The molecule has 3 aromatic heterocycles. The summed E-state index contributed by atoms with van der Waals surface area (Å²) in [4.78, 5) is 28.7. The van der Waals surface area contributed by atoms with Gasteiger partial charge in [0.05, 0.1) is 16.9 Å². The Labute approximate surface area is 197 Å². The van der Waals surface area contributed by atoms with Crippen molar-refractivity contribution in [3.05, 3.63) is 69.5 Å². The van der Waals surface area contributed by atoms with Crippen LogP contribution in [-0.4, -0.2) is 53.1 Å². The van der Waals surface area contributed by atoms with Crippen LogP contribution in [0.5, 0.6) is 0 Å². The zero-order valence-electron chi connectivity index (χ0n) is 19.8. The average molecular weight is 461 g/mol. The highest BCUT2D eigenvalue weighted by atomic mass is 19.1. The first-order valence-corrected chi connectivity index (χ1v) is 11.7. The van der Waals surface area contributed by atoms with Gasteiger partial charge in [-0.1, -0.05) is 19.1 Å². The molecule has 0 radical (unpaired) electrons. The van der Waals surface area contributed by atoms with E-state index in [9.17, 15) is 4.79 Å². The van der Waals surface area contributed by atoms with E-state index < -0.39 is 0 Å². The number of hydrogen-bond acceptors (Lipinski definition) is 6. The number of fused-ring (bicyclic) bond motifs is 2. The summed E-state index contributed by atoms with van der Waals surface area (Å²) < 4.78 is 15.2. The molecule has 0 unspecified atom stereocenters. The quantitative estimate of drug-likeness (QED) is 0.471. The molecular weight excluding hydrogens is 431 g/mol. The van der Waals surface area contributed by atoms with Gasteiger partial charge in [0.2, 0.25) is 0 Å². The van der Waals surface area contributed by atoms with E-state index in [-0.39, 0.29) is 11.4 Å². The maximum atomic E-state index is 15.2. The van der Waals surface area contributed by atoms with E-state index in [1.165, 1.54) is 0 Å². The molecule has 4 heterocycles. The van der Waals surface area contributed by atoms with Crippen molar-refractivity contribution >= 4 is 33.3 Å². The lowest BCUT2D eigenvalue weighted by molar-refractivity contribution is 0.247. The molecule has 0 aliphatic carbocycles. The molecule has 34 heavy (non-hydrogen) atoms. The Bertz CT molecular complexity index is 1420. The number of benzene rings is 1. The van der Waals surface area contributed by atoms with Crippen molar-refractivity contribution in [2.75, 3.05) is 43.4 Å². The number of anilines is 2.